The lowest BCUT2D eigenvalue weighted by atomic mass is 10.1. The first-order chi connectivity index (χ1) is 11.8. The van der Waals surface area contributed by atoms with Crippen LogP contribution < -0.4 is 0 Å². The van der Waals surface area contributed by atoms with E-state index in [0.717, 1.165) is 12.5 Å². The molecule has 1 N–H and O–H groups in total. The maximum atomic E-state index is 10.2. The molecule has 0 spiro atoms. The molecule has 0 aliphatic heterocycles. The molecule has 0 bridgehead atoms. The molecule has 0 aliphatic rings. The summed E-state index contributed by atoms with van der Waals surface area (Å²) in [6, 6.07) is 0. The first-order valence-electron chi connectivity index (χ1n) is 9.00. The quantitative estimate of drug-likeness (QED) is 0.223. The highest BCUT2D eigenvalue weighted by molar-refractivity contribution is 5.80. The number of hydrogen-bond donors (Lipinski definition) is 1. The van der Waals surface area contributed by atoms with Crippen LogP contribution in [0.1, 0.15) is 58.3 Å². The van der Waals surface area contributed by atoms with Crippen LogP contribution in [0, 0.1) is 0 Å². The van der Waals surface area contributed by atoms with E-state index in [1.165, 1.54) is 51.0 Å². The molecule has 0 rings (SSSR count). The van der Waals surface area contributed by atoms with E-state index < -0.39 is 5.97 Å². The molecule has 0 unspecified atom stereocenters. The zero-order valence-electron chi connectivity index (χ0n) is 14.9. The van der Waals surface area contributed by atoms with Gasteiger partial charge in [-0.05, 0) is 12.8 Å². The van der Waals surface area contributed by atoms with Crippen molar-refractivity contribution < 1.29 is 9.90 Å². The number of rotatable bonds is 14. The SMILES string of the molecule is CCCCCCCCCC=CC=CC=CC=CC=C/C=C/C(=O)O. The molecule has 0 amide bonds. The van der Waals surface area contributed by atoms with Crippen LogP contribution in [0.4, 0.5) is 0 Å². The summed E-state index contributed by atoms with van der Waals surface area (Å²) in [7, 11) is 0. The molecule has 0 fully saturated rings. The Kier molecular flexibility index (Phi) is 17.3. The molecule has 0 aromatic carbocycles. The molecule has 0 aromatic heterocycles. The normalized spacial score (nSPS) is 13.0. The molecule has 0 atom stereocenters. The zero-order valence-corrected chi connectivity index (χ0v) is 14.9. The summed E-state index contributed by atoms with van der Waals surface area (Å²) in [6.07, 6.45) is 32.7. The largest absolute Gasteiger partial charge is 0.478 e. The lowest BCUT2D eigenvalue weighted by molar-refractivity contribution is -0.131. The number of carboxylic acid groups (broad SMARTS) is 1. The molecule has 0 saturated carbocycles. The van der Waals surface area contributed by atoms with E-state index in [-0.39, 0.29) is 0 Å². The molecular formula is C22H32O2. The molecule has 132 valence electrons. The van der Waals surface area contributed by atoms with Crippen LogP contribution in [0.25, 0.3) is 0 Å². The summed E-state index contributed by atoms with van der Waals surface area (Å²) >= 11 is 0. The van der Waals surface area contributed by atoms with Gasteiger partial charge in [0, 0.05) is 6.08 Å². The van der Waals surface area contributed by atoms with Gasteiger partial charge >= 0.3 is 5.97 Å². The second kappa shape index (κ2) is 19.0. The van der Waals surface area contributed by atoms with E-state index in [9.17, 15) is 4.79 Å². The lowest BCUT2D eigenvalue weighted by Crippen LogP contribution is -1.84. The minimum atomic E-state index is -0.936. The van der Waals surface area contributed by atoms with Crippen LogP contribution in [0.15, 0.2) is 72.9 Å². The summed E-state index contributed by atoms with van der Waals surface area (Å²) in [5.74, 6) is -0.936. The van der Waals surface area contributed by atoms with Gasteiger partial charge in [-0.1, -0.05) is 112 Å². The van der Waals surface area contributed by atoms with Gasteiger partial charge in [-0.3, -0.25) is 0 Å². The molecule has 0 heterocycles. The third kappa shape index (κ3) is 19.9. The highest BCUT2D eigenvalue weighted by Gasteiger charge is 1.88. The van der Waals surface area contributed by atoms with Gasteiger partial charge in [-0.25, -0.2) is 4.79 Å². The number of unbranched alkanes of at least 4 members (excludes halogenated alkanes) is 7. The average molecular weight is 328 g/mol. The number of carbonyl (C=O) groups is 1. The highest BCUT2D eigenvalue weighted by Crippen LogP contribution is 2.08. The molecule has 0 aliphatic carbocycles. The summed E-state index contributed by atoms with van der Waals surface area (Å²) < 4.78 is 0. The monoisotopic (exact) mass is 328 g/mol. The van der Waals surface area contributed by atoms with Crippen molar-refractivity contribution in [2.45, 2.75) is 58.3 Å². The van der Waals surface area contributed by atoms with E-state index in [4.69, 9.17) is 5.11 Å². The zero-order chi connectivity index (χ0) is 17.7. The molecule has 2 nitrogen and oxygen atoms in total. The van der Waals surface area contributed by atoms with E-state index >= 15 is 0 Å². The first-order valence-corrected chi connectivity index (χ1v) is 9.00. The average Bonchev–Trinajstić information content (AvgIpc) is 2.56. The Hall–Kier alpha value is -2.09. The second-order valence-electron chi connectivity index (χ2n) is 5.58. The van der Waals surface area contributed by atoms with E-state index in [0.29, 0.717) is 0 Å². The fourth-order valence-corrected chi connectivity index (χ4v) is 2.05. The summed E-state index contributed by atoms with van der Waals surface area (Å²) in [5, 5.41) is 8.39. The van der Waals surface area contributed by atoms with E-state index in [2.05, 4.69) is 19.1 Å². The fourth-order valence-electron chi connectivity index (χ4n) is 2.05. The summed E-state index contributed by atoms with van der Waals surface area (Å²) in [5.41, 5.74) is 0. The molecule has 2 heteroatoms. The predicted molar refractivity (Wildman–Crippen MR) is 105 cm³/mol. The van der Waals surface area contributed by atoms with Crippen molar-refractivity contribution in [2.75, 3.05) is 0 Å². The van der Waals surface area contributed by atoms with Gasteiger partial charge < -0.3 is 5.11 Å². The third-order valence-corrected chi connectivity index (χ3v) is 3.35. The second-order valence-corrected chi connectivity index (χ2v) is 5.58. The van der Waals surface area contributed by atoms with Gasteiger partial charge in [-0.2, -0.15) is 0 Å². The minimum absolute atomic E-state index is 0.936. The standard InChI is InChI=1S/C22H32O2/c1-2-3-4-5-6-7-8-9-10-11-12-13-14-15-16-17-18-19-20-21-22(23)24/h10-21H,2-9H2,1H3,(H,23,24)/b11-10?,13-12?,15-14?,17-16?,19-18?,21-20+. The van der Waals surface area contributed by atoms with Crippen LogP contribution in [0.2, 0.25) is 0 Å². The maximum Gasteiger partial charge on any atom is 0.328 e. The van der Waals surface area contributed by atoms with Crippen molar-refractivity contribution in [3.8, 4) is 0 Å². The van der Waals surface area contributed by atoms with Gasteiger partial charge in [-0.15, -0.1) is 0 Å². The van der Waals surface area contributed by atoms with Crippen LogP contribution in [-0.2, 0) is 4.79 Å². The lowest BCUT2D eigenvalue weighted by Gasteiger charge is -1.98. The smallest absolute Gasteiger partial charge is 0.328 e. The van der Waals surface area contributed by atoms with Crippen molar-refractivity contribution in [1.29, 1.82) is 0 Å². The third-order valence-electron chi connectivity index (χ3n) is 3.35. The van der Waals surface area contributed by atoms with Gasteiger partial charge in [0.15, 0.2) is 0 Å². The number of hydrogen-bond acceptors (Lipinski definition) is 1. The molecular weight excluding hydrogens is 296 g/mol. The van der Waals surface area contributed by atoms with Gasteiger partial charge in [0.25, 0.3) is 0 Å². The van der Waals surface area contributed by atoms with Crippen LogP contribution in [0.5, 0.6) is 0 Å². The Bertz CT molecular complexity index is 462. The van der Waals surface area contributed by atoms with Gasteiger partial charge in [0.05, 0.1) is 0 Å². The first kappa shape index (κ1) is 21.9. The summed E-state index contributed by atoms with van der Waals surface area (Å²) in [4.78, 5) is 10.2. The number of allylic oxidation sites excluding steroid dienone is 11. The van der Waals surface area contributed by atoms with Crippen molar-refractivity contribution in [3.63, 3.8) is 0 Å². The molecule has 0 aromatic rings. The van der Waals surface area contributed by atoms with Gasteiger partial charge in [0.2, 0.25) is 0 Å². The Morgan fingerprint density at radius 1 is 0.667 bits per heavy atom. The number of carboxylic acids is 1. The van der Waals surface area contributed by atoms with E-state index in [1.807, 2.05) is 36.5 Å². The van der Waals surface area contributed by atoms with Crippen LogP contribution >= 0.6 is 0 Å². The van der Waals surface area contributed by atoms with Crippen molar-refractivity contribution >= 4 is 5.97 Å². The minimum Gasteiger partial charge on any atom is -0.478 e. The Labute approximate surface area is 147 Å². The fraction of sp³-hybridized carbons (Fsp3) is 0.409. The molecule has 0 saturated heterocycles. The van der Waals surface area contributed by atoms with Crippen LogP contribution in [0.3, 0.4) is 0 Å². The molecule has 0 radical (unpaired) electrons. The Balaban J connectivity index is 3.57. The maximum absolute atomic E-state index is 10.2. The van der Waals surface area contributed by atoms with Crippen LogP contribution in [-0.4, -0.2) is 11.1 Å². The Morgan fingerprint density at radius 2 is 1.12 bits per heavy atom. The summed E-state index contributed by atoms with van der Waals surface area (Å²) in [6.45, 7) is 2.25. The van der Waals surface area contributed by atoms with Gasteiger partial charge in [0.1, 0.15) is 0 Å². The van der Waals surface area contributed by atoms with Crippen molar-refractivity contribution in [3.05, 3.63) is 72.9 Å². The topological polar surface area (TPSA) is 37.3 Å². The van der Waals surface area contributed by atoms with Crippen molar-refractivity contribution in [1.82, 2.24) is 0 Å². The molecule has 24 heavy (non-hydrogen) atoms. The number of aliphatic carboxylic acids is 1. The van der Waals surface area contributed by atoms with E-state index in [1.54, 1.807) is 12.2 Å². The Morgan fingerprint density at radius 3 is 1.67 bits per heavy atom. The highest BCUT2D eigenvalue weighted by atomic mass is 16.4. The van der Waals surface area contributed by atoms with Crippen molar-refractivity contribution in [2.24, 2.45) is 0 Å². The predicted octanol–water partition coefficient (Wildman–Crippen LogP) is 6.55.